The predicted molar refractivity (Wildman–Crippen MR) is 93.1 cm³/mol. The van der Waals surface area contributed by atoms with Crippen LogP contribution in [0.15, 0.2) is 54.6 Å². The molecule has 1 aromatic carbocycles. The molecule has 22 heavy (non-hydrogen) atoms. The van der Waals surface area contributed by atoms with Crippen LogP contribution in [0, 0.1) is 13.8 Å². The van der Waals surface area contributed by atoms with E-state index in [1.54, 1.807) is 0 Å². The Hall–Kier alpha value is -2.28. The highest BCUT2D eigenvalue weighted by atomic mass is 16.5. The van der Waals surface area contributed by atoms with Gasteiger partial charge >= 0.3 is 0 Å². The summed E-state index contributed by atoms with van der Waals surface area (Å²) in [7, 11) is 0. The molecule has 0 unspecified atom stereocenters. The molecule has 0 atom stereocenters. The number of ether oxygens (including phenoxy) is 1. The lowest BCUT2D eigenvalue weighted by Gasteiger charge is -2.05. The zero-order valence-electron chi connectivity index (χ0n) is 13.7. The SMILES string of the molecule is Cc1ccc(C(C)C)cc2c(C)c(Oc3ccccc3)cc1-2. The molecule has 1 heteroatoms. The summed E-state index contributed by atoms with van der Waals surface area (Å²) in [5, 5.41) is 0. The van der Waals surface area contributed by atoms with Gasteiger partial charge in [-0.1, -0.05) is 50.2 Å². The fraction of sp³-hybridized carbons (Fsp3) is 0.238. The average molecular weight is 290 g/mol. The first kappa shape index (κ1) is 14.6. The van der Waals surface area contributed by atoms with Gasteiger partial charge in [0.25, 0.3) is 0 Å². The summed E-state index contributed by atoms with van der Waals surface area (Å²) < 4.78 is 6.08. The third kappa shape index (κ3) is 2.71. The highest BCUT2D eigenvalue weighted by Crippen LogP contribution is 2.40. The summed E-state index contributed by atoms with van der Waals surface area (Å²) in [6, 6.07) is 18.9. The zero-order chi connectivity index (χ0) is 15.7. The Labute approximate surface area is 132 Å². The van der Waals surface area contributed by atoms with Gasteiger partial charge in [-0.15, -0.1) is 0 Å². The first-order chi connectivity index (χ1) is 10.6. The molecule has 0 aliphatic heterocycles. The summed E-state index contributed by atoms with van der Waals surface area (Å²) in [4.78, 5) is 0. The number of fused-ring (bicyclic) bond motifs is 1. The maximum Gasteiger partial charge on any atom is 0.131 e. The van der Waals surface area contributed by atoms with Gasteiger partial charge in [-0.2, -0.15) is 0 Å². The minimum atomic E-state index is 0.516. The summed E-state index contributed by atoms with van der Waals surface area (Å²) >= 11 is 0. The number of benzene rings is 1. The molecule has 2 aliphatic carbocycles. The predicted octanol–water partition coefficient (Wildman–Crippen LogP) is 6.32. The van der Waals surface area contributed by atoms with E-state index in [0.717, 1.165) is 11.5 Å². The van der Waals surface area contributed by atoms with Crippen molar-refractivity contribution >= 4 is 0 Å². The number of aryl methyl sites for hydroxylation is 1. The van der Waals surface area contributed by atoms with Gasteiger partial charge in [0.15, 0.2) is 0 Å². The summed E-state index contributed by atoms with van der Waals surface area (Å²) in [6.45, 7) is 8.77. The van der Waals surface area contributed by atoms with Gasteiger partial charge in [-0.3, -0.25) is 0 Å². The van der Waals surface area contributed by atoms with Crippen molar-refractivity contribution in [3.8, 4) is 22.6 Å². The van der Waals surface area contributed by atoms with Crippen molar-refractivity contribution in [2.45, 2.75) is 33.6 Å². The van der Waals surface area contributed by atoms with Crippen molar-refractivity contribution in [3.63, 3.8) is 0 Å². The van der Waals surface area contributed by atoms with Crippen molar-refractivity contribution in [2.75, 3.05) is 0 Å². The maximum absolute atomic E-state index is 6.08. The van der Waals surface area contributed by atoms with E-state index in [4.69, 9.17) is 4.74 Å². The zero-order valence-corrected chi connectivity index (χ0v) is 13.7. The van der Waals surface area contributed by atoms with E-state index in [9.17, 15) is 0 Å². The Bertz CT molecular complexity index is 757. The van der Waals surface area contributed by atoms with Crippen LogP contribution in [0.2, 0.25) is 0 Å². The van der Waals surface area contributed by atoms with Gasteiger partial charge in [0.05, 0.1) is 0 Å². The van der Waals surface area contributed by atoms with Crippen LogP contribution in [0.25, 0.3) is 11.1 Å². The van der Waals surface area contributed by atoms with Gasteiger partial charge in [-0.25, -0.2) is 0 Å². The van der Waals surface area contributed by atoms with Crippen LogP contribution in [0.1, 0.15) is 36.5 Å². The highest BCUT2D eigenvalue weighted by molar-refractivity contribution is 5.78. The van der Waals surface area contributed by atoms with Gasteiger partial charge in [-0.05, 0) is 65.8 Å². The second-order valence-electron chi connectivity index (χ2n) is 6.19. The lowest BCUT2D eigenvalue weighted by atomic mass is 10.0. The lowest BCUT2D eigenvalue weighted by molar-refractivity contribution is 0.481. The number of rotatable bonds is 3. The van der Waals surface area contributed by atoms with Crippen LogP contribution in [-0.4, -0.2) is 0 Å². The summed E-state index contributed by atoms with van der Waals surface area (Å²) in [6.07, 6.45) is 0. The van der Waals surface area contributed by atoms with Crippen molar-refractivity contribution < 1.29 is 4.74 Å². The first-order valence-corrected chi connectivity index (χ1v) is 7.83. The van der Waals surface area contributed by atoms with E-state index < -0.39 is 0 Å². The van der Waals surface area contributed by atoms with Crippen LogP contribution in [0.5, 0.6) is 11.5 Å². The van der Waals surface area contributed by atoms with E-state index in [0.29, 0.717) is 5.92 Å². The number of para-hydroxylation sites is 1. The molecule has 1 nitrogen and oxygen atoms in total. The third-order valence-corrected chi connectivity index (χ3v) is 4.24. The molecule has 0 fully saturated rings. The monoisotopic (exact) mass is 290 g/mol. The highest BCUT2D eigenvalue weighted by Gasteiger charge is 2.16. The van der Waals surface area contributed by atoms with Crippen molar-refractivity contribution in [1.82, 2.24) is 0 Å². The molecule has 0 heterocycles. The normalized spacial score (nSPS) is 11.1. The minimum absolute atomic E-state index is 0.516. The number of hydrogen-bond acceptors (Lipinski definition) is 1. The molecule has 2 aliphatic rings. The van der Waals surface area contributed by atoms with Gasteiger partial charge in [0.2, 0.25) is 0 Å². The summed E-state index contributed by atoms with van der Waals surface area (Å²) in [5.74, 6) is 2.35. The molecule has 1 aromatic rings. The van der Waals surface area contributed by atoms with Gasteiger partial charge in [0, 0.05) is 0 Å². The molecular weight excluding hydrogens is 268 g/mol. The summed E-state index contributed by atoms with van der Waals surface area (Å²) in [5.41, 5.74) is 6.42. The lowest BCUT2D eigenvalue weighted by Crippen LogP contribution is -1.85. The molecule has 0 radical (unpaired) electrons. The van der Waals surface area contributed by atoms with E-state index in [-0.39, 0.29) is 0 Å². The molecule has 0 N–H and O–H groups in total. The van der Waals surface area contributed by atoms with Crippen LogP contribution in [-0.2, 0) is 0 Å². The van der Waals surface area contributed by atoms with E-state index >= 15 is 0 Å². The Balaban J connectivity index is 2.11. The van der Waals surface area contributed by atoms with Gasteiger partial charge < -0.3 is 4.74 Å². The van der Waals surface area contributed by atoms with E-state index in [1.165, 1.54) is 27.8 Å². The molecule has 0 bridgehead atoms. The molecule has 0 spiro atoms. The fourth-order valence-electron chi connectivity index (χ4n) is 2.77. The molecule has 0 aromatic heterocycles. The number of hydrogen-bond donors (Lipinski definition) is 0. The van der Waals surface area contributed by atoms with Gasteiger partial charge in [0.1, 0.15) is 11.5 Å². The van der Waals surface area contributed by atoms with Crippen LogP contribution < -0.4 is 4.74 Å². The largest absolute Gasteiger partial charge is 0.457 e. The maximum atomic E-state index is 6.08. The van der Waals surface area contributed by atoms with Crippen molar-refractivity contribution in [1.29, 1.82) is 0 Å². The molecule has 0 saturated heterocycles. The average Bonchev–Trinajstić information content (AvgIpc) is 2.70. The molecule has 112 valence electrons. The van der Waals surface area contributed by atoms with Crippen LogP contribution in [0.4, 0.5) is 0 Å². The van der Waals surface area contributed by atoms with E-state index in [2.05, 4.69) is 52.0 Å². The molecule has 3 rings (SSSR count). The van der Waals surface area contributed by atoms with Crippen molar-refractivity contribution in [3.05, 3.63) is 71.3 Å². The Kier molecular flexibility index (Phi) is 3.89. The standard InChI is InChI=1S/C21H22O/c1-14(2)17-11-10-15(3)19-13-21(16(4)20(19)12-17)22-18-8-6-5-7-9-18/h5-14H,1-4H3. The Morgan fingerprint density at radius 1 is 0.818 bits per heavy atom. The van der Waals surface area contributed by atoms with Crippen LogP contribution >= 0.6 is 0 Å². The minimum Gasteiger partial charge on any atom is -0.457 e. The Morgan fingerprint density at radius 3 is 2.23 bits per heavy atom. The first-order valence-electron chi connectivity index (χ1n) is 7.83. The van der Waals surface area contributed by atoms with E-state index in [1.807, 2.05) is 30.3 Å². The molecular formula is C21H22O. The quantitative estimate of drug-likeness (QED) is 0.548. The van der Waals surface area contributed by atoms with Crippen molar-refractivity contribution in [2.24, 2.45) is 0 Å². The Morgan fingerprint density at radius 2 is 1.55 bits per heavy atom. The molecule has 0 amide bonds. The fourth-order valence-corrected chi connectivity index (χ4v) is 2.77. The second-order valence-corrected chi connectivity index (χ2v) is 6.19. The third-order valence-electron chi connectivity index (χ3n) is 4.24. The van der Waals surface area contributed by atoms with Crippen LogP contribution in [0.3, 0.4) is 0 Å². The second kappa shape index (κ2) is 5.84. The smallest absolute Gasteiger partial charge is 0.131 e. The molecule has 0 saturated carbocycles. The topological polar surface area (TPSA) is 9.23 Å².